The maximum absolute atomic E-state index is 6.75. The lowest BCUT2D eigenvalue weighted by molar-refractivity contribution is 0.111. The average molecular weight is 354 g/mol. The smallest absolute Gasteiger partial charge is 0.166 e. The molecule has 2 fully saturated rings. The third kappa shape index (κ3) is 3.07. The Labute approximate surface area is 135 Å². The number of benzene rings is 1. The summed E-state index contributed by atoms with van der Waals surface area (Å²) in [5.41, 5.74) is 7.58. The lowest BCUT2D eigenvalue weighted by Crippen LogP contribution is -2.39. The minimum absolute atomic E-state index is 0.283. The van der Waals surface area contributed by atoms with Gasteiger partial charge in [-0.15, -0.1) is 0 Å². The highest BCUT2D eigenvalue weighted by Crippen LogP contribution is 2.46. The first kappa shape index (κ1) is 15.2. The zero-order valence-electron chi connectivity index (χ0n) is 12.7. The average Bonchev–Trinajstić information content (AvgIpc) is 2.44. The van der Waals surface area contributed by atoms with Gasteiger partial charge in [0.15, 0.2) is 11.5 Å². The fourth-order valence-electron chi connectivity index (χ4n) is 3.32. The Morgan fingerprint density at radius 3 is 2.43 bits per heavy atom. The Morgan fingerprint density at radius 2 is 1.86 bits per heavy atom. The minimum atomic E-state index is -0.283. The summed E-state index contributed by atoms with van der Waals surface area (Å²) in [5, 5.41) is 0. The molecule has 0 heterocycles. The summed E-state index contributed by atoms with van der Waals surface area (Å²) in [4.78, 5) is 0. The topological polar surface area (TPSA) is 44.5 Å². The van der Waals surface area contributed by atoms with Crippen molar-refractivity contribution in [1.29, 1.82) is 0 Å². The number of rotatable bonds is 4. The van der Waals surface area contributed by atoms with Crippen molar-refractivity contribution >= 4 is 15.9 Å². The second kappa shape index (κ2) is 6.17. The Balaban J connectivity index is 2.01. The number of halogens is 1. The van der Waals surface area contributed by atoms with Crippen LogP contribution in [0.5, 0.6) is 11.5 Å². The van der Waals surface area contributed by atoms with Gasteiger partial charge in [-0.25, -0.2) is 0 Å². The van der Waals surface area contributed by atoms with Gasteiger partial charge < -0.3 is 15.2 Å². The highest BCUT2D eigenvalue weighted by atomic mass is 79.9. The van der Waals surface area contributed by atoms with E-state index in [1.54, 1.807) is 7.11 Å². The molecule has 0 spiro atoms. The third-order valence-electron chi connectivity index (χ3n) is 4.86. The molecule has 0 atom stereocenters. The molecular formula is C17H24BrNO2. The first-order valence-corrected chi connectivity index (χ1v) is 8.75. The summed E-state index contributed by atoms with van der Waals surface area (Å²) in [6.45, 7) is 0. The van der Waals surface area contributed by atoms with Crippen molar-refractivity contribution in [3.63, 3.8) is 0 Å². The van der Waals surface area contributed by atoms with E-state index < -0.39 is 0 Å². The van der Waals surface area contributed by atoms with Gasteiger partial charge in [-0.3, -0.25) is 0 Å². The van der Waals surface area contributed by atoms with Gasteiger partial charge in [0.05, 0.1) is 13.2 Å². The van der Waals surface area contributed by atoms with Crippen LogP contribution in [0.2, 0.25) is 0 Å². The first-order valence-electron chi connectivity index (χ1n) is 7.96. The summed E-state index contributed by atoms with van der Waals surface area (Å²) >= 11 is 3.58. The highest BCUT2D eigenvalue weighted by Gasteiger charge is 2.35. The molecule has 0 aromatic heterocycles. The lowest BCUT2D eigenvalue weighted by Gasteiger charge is -2.37. The van der Waals surface area contributed by atoms with E-state index in [0.29, 0.717) is 6.10 Å². The quantitative estimate of drug-likeness (QED) is 0.865. The molecule has 0 bridgehead atoms. The molecule has 2 aliphatic carbocycles. The van der Waals surface area contributed by atoms with Crippen LogP contribution in [-0.4, -0.2) is 13.2 Å². The van der Waals surface area contributed by atoms with Crippen LogP contribution < -0.4 is 15.2 Å². The van der Waals surface area contributed by atoms with Crippen molar-refractivity contribution in [2.75, 3.05) is 7.11 Å². The molecule has 2 aliphatic rings. The standard InChI is InChI=1S/C17H24BrNO2/c1-20-15-11-12(18)10-14(16(15)21-13-6-5-7-13)17(19)8-3-2-4-9-17/h10-11,13H,2-9,19H2,1H3. The summed E-state index contributed by atoms with van der Waals surface area (Å²) < 4.78 is 12.8. The van der Waals surface area contributed by atoms with Gasteiger partial charge in [0.2, 0.25) is 0 Å². The van der Waals surface area contributed by atoms with Gasteiger partial charge in [0.1, 0.15) is 0 Å². The normalized spacial score (nSPS) is 21.7. The molecule has 0 aliphatic heterocycles. The predicted molar refractivity (Wildman–Crippen MR) is 87.9 cm³/mol. The number of nitrogens with two attached hydrogens (primary N) is 1. The second-order valence-corrected chi connectivity index (χ2v) is 7.29. The van der Waals surface area contributed by atoms with E-state index in [9.17, 15) is 0 Å². The zero-order chi connectivity index (χ0) is 14.9. The van der Waals surface area contributed by atoms with E-state index >= 15 is 0 Å². The van der Waals surface area contributed by atoms with Crippen LogP contribution in [0.1, 0.15) is 56.9 Å². The van der Waals surface area contributed by atoms with Crippen molar-refractivity contribution < 1.29 is 9.47 Å². The number of hydrogen-bond acceptors (Lipinski definition) is 3. The molecule has 2 N–H and O–H groups in total. The SMILES string of the molecule is COc1cc(Br)cc(C2(N)CCCCC2)c1OC1CCC1. The van der Waals surface area contributed by atoms with Crippen molar-refractivity contribution in [2.24, 2.45) is 5.73 Å². The molecule has 4 heteroatoms. The van der Waals surface area contributed by atoms with Crippen molar-refractivity contribution in [2.45, 2.75) is 63.0 Å². The van der Waals surface area contributed by atoms with E-state index in [0.717, 1.165) is 47.2 Å². The Kier molecular flexibility index (Phi) is 4.46. The van der Waals surface area contributed by atoms with Crippen LogP contribution in [0.15, 0.2) is 16.6 Å². The molecule has 3 rings (SSSR count). The maximum atomic E-state index is 6.75. The second-order valence-electron chi connectivity index (χ2n) is 6.37. The fourth-order valence-corrected chi connectivity index (χ4v) is 3.76. The molecular weight excluding hydrogens is 330 g/mol. The third-order valence-corrected chi connectivity index (χ3v) is 5.32. The minimum Gasteiger partial charge on any atom is -0.493 e. The zero-order valence-corrected chi connectivity index (χ0v) is 14.2. The Morgan fingerprint density at radius 1 is 1.14 bits per heavy atom. The van der Waals surface area contributed by atoms with Gasteiger partial charge in [-0.05, 0) is 44.2 Å². The lowest BCUT2D eigenvalue weighted by atomic mass is 9.77. The molecule has 21 heavy (non-hydrogen) atoms. The van der Waals surface area contributed by atoms with E-state index in [-0.39, 0.29) is 5.54 Å². The van der Waals surface area contributed by atoms with E-state index in [1.807, 2.05) is 6.07 Å². The summed E-state index contributed by atoms with van der Waals surface area (Å²) in [6, 6.07) is 4.10. The number of methoxy groups -OCH3 is 1. The first-order chi connectivity index (χ1) is 10.1. The summed E-state index contributed by atoms with van der Waals surface area (Å²) in [7, 11) is 1.70. The number of hydrogen-bond donors (Lipinski definition) is 1. The number of ether oxygens (including phenoxy) is 2. The van der Waals surface area contributed by atoms with E-state index in [4.69, 9.17) is 15.2 Å². The molecule has 3 nitrogen and oxygen atoms in total. The molecule has 0 unspecified atom stereocenters. The van der Waals surface area contributed by atoms with Crippen LogP contribution in [0.25, 0.3) is 0 Å². The maximum Gasteiger partial charge on any atom is 0.166 e. The predicted octanol–water partition coefficient (Wildman–Crippen LogP) is 4.51. The Bertz CT molecular complexity index is 508. The molecule has 116 valence electrons. The van der Waals surface area contributed by atoms with Gasteiger partial charge in [-0.2, -0.15) is 0 Å². The molecule has 0 saturated heterocycles. The Hall–Kier alpha value is -0.740. The van der Waals surface area contributed by atoms with Crippen LogP contribution >= 0.6 is 15.9 Å². The largest absolute Gasteiger partial charge is 0.493 e. The van der Waals surface area contributed by atoms with Crippen LogP contribution in [0.3, 0.4) is 0 Å². The molecule has 2 saturated carbocycles. The van der Waals surface area contributed by atoms with Gasteiger partial charge in [-0.1, -0.05) is 35.2 Å². The monoisotopic (exact) mass is 353 g/mol. The summed E-state index contributed by atoms with van der Waals surface area (Å²) in [5.74, 6) is 1.66. The summed E-state index contributed by atoms with van der Waals surface area (Å²) in [6.07, 6.45) is 9.55. The molecule has 0 amide bonds. The molecule has 1 aromatic rings. The highest BCUT2D eigenvalue weighted by molar-refractivity contribution is 9.10. The van der Waals surface area contributed by atoms with E-state index in [1.165, 1.54) is 25.7 Å². The van der Waals surface area contributed by atoms with Crippen LogP contribution in [0.4, 0.5) is 0 Å². The van der Waals surface area contributed by atoms with Crippen molar-refractivity contribution in [3.8, 4) is 11.5 Å². The van der Waals surface area contributed by atoms with Crippen molar-refractivity contribution in [3.05, 3.63) is 22.2 Å². The van der Waals surface area contributed by atoms with Gasteiger partial charge in [0, 0.05) is 15.6 Å². The van der Waals surface area contributed by atoms with Crippen LogP contribution in [-0.2, 0) is 5.54 Å². The van der Waals surface area contributed by atoms with Gasteiger partial charge >= 0.3 is 0 Å². The van der Waals surface area contributed by atoms with E-state index in [2.05, 4.69) is 22.0 Å². The van der Waals surface area contributed by atoms with Crippen LogP contribution in [0, 0.1) is 0 Å². The van der Waals surface area contributed by atoms with Crippen molar-refractivity contribution in [1.82, 2.24) is 0 Å². The molecule has 1 aromatic carbocycles. The fraction of sp³-hybridized carbons (Fsp3) is 0.647. The molecule has 0 radical (unpaired) electrons. The van der Waals surface area contributed by atoms with Gasteiger partial charge in [0.25, 0.3) is 0 Å².